The molecule has 0 atom stereocenters. The molecule has 1 nitrogen and oxygen atoms in total. The smallest absolute Gasteiger partial charge is 0.0634 e. The van der Waals surface area contributed by atoms with Gasteiger partial charge in [-0.05, 0) is 23.8 Å². The topological polar surface area (TPSA) is 4.93 Å². The zero-order valence-corrected chi connectivity index (χ0v) is 9.67. The van der Waals surface area contributed by atoms with Crippen molar-refractivity contribution in [3.63, 3.8) is 0 Å². The van der Waals surface area contributed by atoms with E-state index >= 15 is 0 Å². The van der Waals surface area contributed by atoms with Crippen molar-refractivity contribution in [1.82, 2.24) is 4.57 Å². The molecule has 0 bridgehead atoms. The first-order chi connectivity index (χ1) is 7.36. The molecule has 0 spiro atoms. The fourth-order valence-corrected chi connectivity index (χ4v) is 2.15. The molecule has 0 radical (unpaired) electrons. The van der Waals surface area contributed by atoms with E-state index in [-0.39, 0.29) is 0 Å². The van der Waals surface area contributed by atoms with E-state index in [1.807, 2.05) is 42.6 Å². The summed E-state index contributed by atoms with van der Waals surface area (Å²) < 4.78 is 2.07. The second kappa shape index (κ2) is 4.73. The number of halogens is 2. The molecule has 0 saturated carbocycles. The zero-order valence-electron chi connectivity index (χ0n) is 8.16. The van der Waals surface area contributed by atoms with E-state index in [0.717, 1.165) is 16.9 Å². The lowest BCUT2D eigenvalue weighted by molar-refractivity contribution is 0.988. The van der Waals surface area contributed by atoms with Crippen LogP contribution >= 0.6 is 23.2 Å². The van der Waals surface area contributed by atoms with Gasteiger partial charge >= 0.3 is 0 Å². The van der Waals surface area contributed by atoms with E-state index in [1.165, 1.54) is 0 Å². The van der Waals surface area contributed by atoms with Gasteiger partial charge in [-0.25, -0.2) is 0 Å². The zero-order chi connectivity index (χ0) is 10.7. The Bertz CT molecular complexity index is 434. The summed E-state index contributed by atoms with van der Waals surface area (Å²) in [5.41, 5.74) is 3.28. The third kappa shape index (κ3) is 2.04. The minimum atomic E-state index is 0.476. The van der Waals surface area contributed by atoms with Crippen LogP contribution in [0.25, 0.3) is 5.69 Å². The Balaban J connectivity index is 2.49. The Morgan fingerprint density at radius 1 is 0.933 bits per heavy atom. The number of hydrogen-bond donors (Lipinski definition) is 0. The first-order valence-electron chi connectivity index (χ1n) is 4.73. The number of alkyl halides is 2. The molecule has 0 fully saturated rings. The molecule has 2 aromatic rings. The lowest BCUT2D eigenvalue weighted by Gasteiger charge is -2.07. The van der Waals surface area contributed by atoms with E-state index in [2.05, 4.69) is 4.57 Å². The molecule has 1 aromatic carbocycles. The van der Waals surface area contributed by atoms with Crippen LogP contribution in [0.4, 0.5) is 0 Å². The number of benzene rings is 1. The second-order valence-corrected chi connectivity index (χ2v) is 3.80. The molecule has 0 unspecified atom stereocenters. The molecule has 3 heteroatoms. The van der Waals surface area contributed by atoms with Crippen LogP contribution in [0.5, 0.6) is 0 Å². The van der Waals surface area contributed by atoms with Gasteiger partial charge in [-0.15, -0.1) is 23.2 Å². The molecule has 15 heavy (non-hydrogen) atoms. The molecular weight excluding hydrogens is 229 g/mol. The van der Waals surface area contributed by atoms with Crippen molar-refractivity contribution in [2.24, 2.45) is 0 Å². The number of para-hydroxylation sites is 1. The van der Waals surface area contributed by atoms with E-state index < -0.39 is 0 Å². The van der Waals surface area contributed by atoms with E-state index in [1.54, 1.807) is 0 Å². The Morgan fingerprint density at radius 3 is 2.27 bits per heavy atom. The molecule has 1 aromatic heterocycles. The van der Waals surface area contributed by atoms with Gasteiger partial charge < -0.3 is 4.57 Å². The average Bonchev–Trinajstić information content (AvgIpc) is 2.72. The normalized spacial score (nSPS) is 10.5. The fourth-order valence-electron chi connectivity index (χ4n) is 1.61. The predicted molar refractivity (Wildman–Crippen MR) is 64.9 cm³/mol. The summed E-state index contributed by atoms with van der Waals surface area (Å²) in [5, 5.41) is 0. The summed E-state index contributed by atoms with van der Waals surface area (Å²) in [6, 6.07) is 12.1. The third-order valence-corrected chi connectivity index (χ3v) is 2.93. The van der Waals surface area contributed by atoms with Crippen molar-refractivity contribution >= 4 is 23.2 Å². The number of rotatable bonds is 3. The quantitative estimate of drug-likeness (QED) is 0.715. The Labute approximate surface area is 99.2 Å². The van der Waals surface area contributed by atoms with Gasteiger partial charge in [0, 0.05) is 23.5 Å². The van der Waals surface area contributed by atoms with Crippen molar-refractivity contribution in [1.29, 1.82) is 0 Å². The molecule has 1 heterocycles. The first-order valence-corrected chi connectivity index (χ1v) is 5.80. The van der Waals surface area contributed by atoms with Gasteiger partial charge in [-0.3, -0.25) is 0 Å². The molecule has 0 amide bonds. The van der Waals surface area contributed by atoms with Crippen LogP contribution in [-0.4, -0.2) is 4.57 Å². The lowest BCUT2D eigenvalue weighted by atomic mass is 10.3. The molecule has 0 aliphatic carbocycles. The van der Waals surface area contributed by atoms with Crippen molar-refractivity contribution in [2.75, 3.05) is 0 Å². The third-order valence-electron chi connectivity index (χ3n) is 2.39. The van der Waals surface area contributed by atoms with E-state index in [4.69, 9.17) is 23.2 Å². The van der Waals surface area contributed by atoms with Crippen LogP contribution < -0.4 is 0 Å². The second-order valence-electron chi connectivity index (χ2n) is 3.26. The van der Waals surface area contributed by atoms with Crippen LogP contribution in [0.15, 0.2) is 42.6 Å². The van der Waals surface area contributed by atoms with Crippen molar-refractivity contribution < 1.29 is 0 Å². The van der Waals surface area contributed by atoms with Gasteiger partial charge in [0.15, 0.2) is 0 Å². The van der Waals surface area contributed by atoms with Crippen LogP contribution in [-0.2, 0) is 11.8 Å². The number of nitrogens with zero attached hydrogens (tertiary/aromatic N) is 1. The summed E-state index contributed by atoms with van der Waals surface area (Å²) in [6.45, 7) is 0. The molecular formula is C12H11Cl2N. The predicted octanol–water partition coefficient (Wildman–Crippen LogP) is 3.95. The fraction of sp³-hybridized carbons (Fsp3) is 0.167. The molecule has 0 N–H and O–H groups in total. The van der Waals surface area contributed by atoms with Crippen LogP contribution in [0.1, 0.15) is 11.3 Å². The van der Waals surface area contributed by atoms with Crippen LogP contribution in [0.3, 0.4) is 0 Å². The Morgan fingerprint density at radius 2 is 1.67 bits per heavy atom. The average molecular weight is 240 g/mol. The maximum absolute atomic E-state index is 5.93. The van der Waals surface area contributed by atoms with Gasteiger partial charge in [-0.1, -0.05) is 18.2 Å². The monoisotopic (exact) mass is 239 g/mol. The SMILES string of the molecule is ClCc1ccn(-c2ccccc2)c1CCl. The molecule has 0 saturated heterocycles. The van der Waals surface area contributed by atoms with Gasteiger partial charge in [-0.2, -0.15) is 0 Å². The van der Waals surface area contributed by atoms with E-state index in [0.29, 0.717) is 11.8 Å². The van der Waals surface area contributed by atoms with Gasteiger partial charge in [0.1, 0.15) is 0 Å². The van der Waals surface area contributed by atoms with Crippen molar-refractivity contribution in [2.45, 2.75) is 11.8 Å². The molecule has 0 aliphatic heterocycles. The standard InChI is InChI=1S/C12H11Cl2N/c13-8-10-6-7-15(12(10)9-14)11-4-2-1-3-5-11/h1-7H,8-9H2. The summed E-state index contributed by atoms with van der Waals surface area (Å²) in [5.74, 6) is 0.978. The minimum Gasteiger partial charge on any atom is -0.319 e. The number of hydrogen-bond acceptors (Lipinski definition) is 0. The maximum Gasteiger partial charge on any atom is 0.0634 e. The lowest BCUT2D eigenvalue weighted by Crippen LogP contribution is -1.98. The van der Waals surface area contributed by atoms with Crippen LogP contribution in [0, 0.1) is 0 Å². The highest BCUT2D eigenvalue weighted by Crippen LogP contribution is 2.20. The Hall–Kier alpha value is -0.920. The summed E-state index contributed by atoms with van der Waals surface area (Å²) in [4.78, 5) is 0. The Kier molecular flexibility index (Phi) is 3.34. The molecule has 2 rings (SSSR count). The largest absolute Gasteiger partial charge is 0.319 e. The maximum atomic E-state index is 5.93. The van der Waals surface area contributed by atoms with Crippen molar-refractivity contribution in [3.8, 4) is 5.69 Å². The summed E-state index contributed by atoms with van der Waals surface area (Å²) >= 11 is 11.8. The minimum absolute atomic E-state index is 0.476. The molecule has 78 valence electrons. The highest BCUT2D eigenvalue weighted by Gasteiger charge is 2.07. The van der Waals surface area contributed by atoms with E-state index in [9.17, 15) is 0 Å². The number of aromatic nitrogens is 1. The van der Waals surface area contributed by atoms with Gasteiger partial charge in [0.2, 0.25) is 0 Å². The van der Waals surface area contributed by atoms with Gasteiger partial charge in [0.05, 0.1) is 5.88 Å². The van der Waals surface area contributed by atoms with Gasteiger partial charge in [0.25, 0.3) is 0 Å². The van der Waals surface area contributed by atoms with Crippen molar-refractivity contribution in [3.05, 3.63) is 53.9 Å². The molecule has 0 aliphatic rings. The first kappa shape index (κ1) is 10.6. The summed E-state index contributed by atoms with van der Waals surface area (Å²) in [6.07, 6.45) is 2.00. The highest BCUT2D eigenvalue weighted by molar-refractivity contribution is 6.18. The highest BCUT2D eigenvalue weighted by atomic mass is 35.5. The summed E-state index contributed by atoms with van der Waals surface area (Å²) in [7, 11) is 0. The van der Waals surface area contributed by atoms with Crippen LogP contribution in [0.2, 0.25) is 0 Å².